The molecule has 2 aromatic heterocycles. The number of benzene rings is 1. The number of aromatic carboxylic acids is 1. The Kier molecular flexibility index (Phi) is 3.16. The second-order valence-corrected chi connectivity index (χ2v) is 5.68. The van der Waals surface area contributed by atoms with E-state index in [4.69, 9.17) is 11.6 Å². The molecule has 0 spiro atoms. The number of halogens is 2. The van der Waals surface area contributed by atoms with E-state index in [0.29, 0.717) is 15.6 Å². The number of pyridine rings is 1. The number of para-hydroxylation sites is 1. The molecule has 100 valence electrons. The third-order valence-electron chi connectivity index (χ3n) is 2.88. The van der Waals surface area contributed by atoms with Crippen molar-refractivity contribution < 1.29 is 14.3 Å². The standard InChI is InChI=1S/C14H7ClFNO2S/c15-12-4-7(6-20-12)11-5-9(14(18)19)8-2-1-3-10(16)13(8)17-11/h1-6H,(H,18,19). The highest BCUT2D eigenvalue weighted by Gasteiger charge is 2.15. The van der Waals surface area contributed by atoms with Gasteiger partial charge >= 0.3 is 5.97 Å². The summed E-state index contributed by atoms with van der Waals surface area (Å²) >= 11 is 7.17. The highest BCUT2D eigenvalue weighted by atomic mass is 35.5. The average Bonchev–Trinajstić information content (AvgIpc) is 2.85. The van der Waals surface area contributed by atoms with Crippen LogP contribution in [0.2, 0.25) is 4.34 Å². The first-order chi connectivity index (χ1) is 9.56. The summed E-state index contributed by atoms with van der Waals surface area (Å²) in [7, 11) is 0. The molecule has 0 unspecified atom stereocenters. The summed E-state index contributed by atoms with van der Waals surface area (Å²) < 4.78 is 14.4. The molecule has 0 amide bonds. The Morgan fingerprint density at radius 1 is 1.35 bits per heavy atom. The maximum absolute atomic E-state index is 13.9. The van der Waals surface area contributed by atoms with Crippen LogP contribution in [-0.2, 0) is 0 Å². The van der Waals surface area contributed by atoms with Crippen LogP contribution in [0.3, 0.4) is 0 Å². The van der Waals surface area contributed by atoms with Crippen molar-refractivity contribution in [2.24, 2.45) is 0 Å². The molecule has 20 heavy (non-hydrogen) atoms. The van der Waals surface area contributed by atoms with Gasteiger partial charge < -0.3 is 5.11 Å². The fourth-order valence-corrected chi connectivity index (χ4v) is 2.86. The van der Waals surface area contributed by atoms with Crippen LogP contribution in [0.1, 0.15) is 10.4 Å². The van der Waals surface area contributed by atoms with Crippen LogP contribution in [-0.4, -0.2) is 16.1 Å². The molecule has 0 atom stereocenters. The zero-order valence-corrected chi connectivity index (χ0v) is 11.5. The van der Waals surface area contributed by atoms with E-state index in [0.717, 1.165) is 0 Å². The zero-order chi connectivity index (χ0) is 14.3. The molecule has 0 fully saturated rings. The van der Waals surface area contributed by atoms with E-state index in [9.17, 15) is 14.3 Å². The number of fused-ring (bicyclic) bond motifs is 1. The largest absolute Gasteiger partial charge is 0.478 e. The molecular formula is C14H7ClFNO2S. The molecule has 0 aliphatic heterocycles. The van der Waals surface area contributed by atoms with Gasteiger partial charge in [-0.15, -0.1) is 11.3 Å². The van der Waals surface area contributed by atoms with Crippen LogP contribution in [0.25, 0.3) is 22.2 Å². The Morgan fingerprint density at radius 3 is 2.80 bits per heavy atom. The van der Waals surface area contributed by atoms with Crippen molar-refractivity contribution in [3.05, 3.63) is 51.4 Å². The molecule has 0 aliphatic rings. The number of nitrogens with zero attached hydrogens (tertiary/aromatic N) is 1. The van der Waals surface area contributed by atoms with Crippen LogP contribution in [0.4, 0.5) is 4.39 Å². The molecule has 0 saturated heterocycles. The summed E-state index contributed by atoms with van der Waals surface area (Å²) in [5.74, 6) is -1.67. The minimum atomic E-state index is -1.12. The van der Waals surface area contributed by atoms with E-state index in [1.165, 1.54) is 29.5 Å². The molecule has 3 nitrogen and oxygen atoms in total. The Morgan fingerprint density at radius 2 is 2.15 bits per heavy atom. The first-order valence-electron chi connectivity index (χ1n) is 5.63. The van der Waals surface area contributed by atoms with Crippen molar-refractivity contribution >= 4 is 39.8 Å². The Balaban J connectivity index is 2.35. The minimum absolute atomic E-state index is 0.0202. The van der Waals surface area contributed by atoms with Gasteiger partial charge in [0.1, 0.15) is 11.3 Å². The molecule has 3 rings (SSSR count). The van der Waals surface area contributed by atoms with Gasteiger partial charge in [0.2, 0.25) is 0 Å². The molecule has 0 radical (unpaired) electrons. The van der Waals surface area contributed by atoms with Crippen LogP contribution in [0.5, 0.6) is 0 Å². The third-order valence-corrected chi connectivity index (χ3v) is 3.98. The summed E-state index contributed by atoms with van der Waals surface area (Å²) in [6, 6.07) is 7.37. The van der Waals surface area contributed by atoms with Crippen molar-refractivity contribution in [2.45, 2.75) is 0 Å². The van der Waals surface area contributed by atoms with Gasteiger partial charge in [0.15, 0.2) is 0 Å². The summed E-state index contributed by atoms with van der Waals surface area (Å²) in [5.41, 5.74) is 1.13. The van der Waals surface area contributed by atoms with Crippen LogP contribution in [0.15, 0.2) is 35.7 Å². The Hall–Kier alpha value is -1.98. The lowest BCUT2D eigenvalue weighted by atomic mass is 10.1. The van der Waals surface area contributed by atoms with E-state index >= 15 is 0 Å². The average molecular weight is 308 g/mol. The number of aromatic nitrogens is 1. The molecule has 0 bridgehead atoms. The Labute approximate surface area is 122 Å². The first-order valence-corrected chi connectivity index (χ1v) is 6.89. The van der Waals surface area contributed by atoms with Crippen molar-refractivity contribution in [3.8, 4) is 11.3 Å². The second kappa shape index (κ2) is 4.85. The van der Waals surface area contributed by atoms with Gasteiger partial charge in [-0.1, -0.05) is 23.7 Å². The summed E-state index contributed by atoms with van der Waals surface area (Å²) in [6.07, 6.45) is 0. The highest BCUT2D eigenvalue weighted by molar-refractivity contribution is 7.14. The van der Waals surface area contributed by atoms with Crippen molar-refractivity contribution in [1.29, 1.82) is 0 Å². The quantitative estimate of drug-likeness (QED) is 0.760. The number of thiophene rings is 1. The van der Waals surface area contributed by atoms with E-state index in [-0.39, 0.29) is 16.5 Å². The number of carboxylic acids is 1. The minimum Gasteiger partial charge on any atom is -0.478 e. The Bertz CT molecular complexity index is 831. The van der Waals surface area contributed by atoms with Crippen LogP contribution < -0.4 is 0 Å². The lowest BCUT2D eigenvalue weighted by Gasteiger charge is -2.06. The first kappa shape index (κ1) is 13.0. The molecule has 3 aromatic rings. The SMILES string of the molecule is O=C(O)c1cc(-c2csc(Cl)c2)nc2c(F)cccc12. The van der Waals surface area contributed by atoms with Gasteiger partial charge in [0, 0.05) is 16.3 Å². The number of rotatable bonds is 2. The zero-order valence-electron chi connectivity index (χ0n) is 9.93. The maximum atomic E-state index is 13.9. The van der Waals surface area contributed by atoms with E-state index in [1.807, 2.05) is 0 Å². The van der Waals surface area contributed by atoms with Crippen LogP contribution in [0, 0.1) is 5.82 Å². The number of carbonyl (C=O) groups is 1. The van der Waals surface area contributed by atoms with E-state index in [1.54, 1.807) is 17.5 Å². The van der Waals surface area contributed by atoms with Gasteiger partial charge in [-0.05, 0) is 18.2 Å². The maximum Gasteiger partial charge on any atom is 0.336 e. The number of hydrogen-bond acceptors (Lipinski definition) is 3. The molecular weight excluding hydrogens is 301 g/mol. The third kappa shape index (κ3) is 2.15. The van der Waals surface area contributed by atoms with Gasteiger partial charge in [-0.25, -0.2) is 14.2 Å². The lowest BCUT2D eigenvalue weighted by Crippen LogP contribution is -2.01. The molecule has 6 heteroatoms. The summed E-state index contributed by atoms with van der Waals surface area (Å²) in [6.45, 7) is 0. The predicted molar refractivity (Wildman–Crippen MR) is 77.0 cm³/mol. The van der Waals surface area contributed by atoms with Gasteiger partial charge in [-0.2, -0.15) is 0 Å². The van der Waals surface area contributed by atoms with E-state index < -0.39 is 11.8 Å². The molecule has 1 N–H and O–H groups in total. The number of carboxylic acid groups (broad SMARTS) is 1. The number of hydrogen-bond donors (Lipinski definition) is 1. The monoisotopic (exact) mass is 307 g/mol. The lowest BCUT2D eigenvalue weighted by molar-refractivity contribution is 0.0699. The second-order valence-electron chi connectivity index (χ2n) is 4.14. The van der Waals surface area contributed by atoms with E-state index in [2.05, 4.69) is 4.98 Å². The van der Waals surface area contributed by atoms with Crippen LogP contribution >= 0.6 is 22.9 Å². The van der Waals surface area contributed by atoms with Crippen molar-refractivity contribution in [3.63, 3.8) is 0 Å². The molecule has 0 saturated carbocycles. The summed E-state index contributed by atoms with van der Waals surface area (Å²) in [4.78, 5) is 15.6. The molecule has 1 aromatic carbocycles. The summed E-state index contributed by atoms with van der Waals surface area (Å²) in [5, 5.41) is 11.3. The van der Waals surface area contributed by atoms with Gasteiger partial charge in [0.25, 0.3) is 0 Å². The van der Waals surface area contributed by atoms with Gasteiger partial charge in [-0.3, -0.25) is 0 Å². The topological polar surface area (TPSA) is 50.2 Å². The smallest absolute Gasteiger partial charge is 0.336 e. The van der Waals surface area contributed by atoms with Crippen molar-refractivity contribution in [2.75, 3.05) is 0 Å². The van der Waals surface area contributed by atoms with Crippen molar-refractivity contribution in [1.82, 2.24) is 4.98 Å². The fraction of sp³-hybridized carbons (Fsp3) is 0. The molecule has 2 heterocycles. The van der Waals surface area contributed by atoms with Gasteiger partial charge in [0.05, 0.1) is 15.6 Å². The predicted octanol–water partition coefficient (Wildman–Crippen LogP) is 4.45. The normalized spacial score (nSPS) is 10.9. The molecule has 0 aliphatic carbocycles. The highest BCUT2D eigenvalue weighted by Crippen LogP contribution is 2.31. The fourth-order valence-electron chi connectivity index (χ4n) is 1.98.